The van der Waals surface area contributed by atoms with Gasteiger partial charge in [-0.15, -0.1) is 0 Å². The van der Waals surface area contributed by atoms with E-state index in [1.807, 2.05) is 24.3 Å². The SMILES string of the molecule is COc1ccccc1-c1cc(C)c(F)c2[nH]c(C(=O)N3CCN(c4ncccc4OC(F)F)CC3)cc12. The minimum absolute atomic E-state index is 0.0115. The number of aromatic nitrogens is 2. The first-order valence-corrected chi connectivity index (χ1v) is 11.8. The highest BCUT2D eigenvalue weighted by molar-refractivity contribution is 6.04. The van der Waals surface area contributed by atoms with Crippen molar-refractivity contribution in [3.8, 4) is 22.6 Å². The van der Waals surface area contributed by atoms with E-state index in [0.717, 1.165) is 11.1 Å². The molecular weight excluding hydrogens is 485 g/mol. The number of carbonyl (C=O) groups excluding carboxylic acids is 1. The summed E-state index contributed by atoms with van der Waals surface area (Å²) in [5.41, 5.74) is 2.52. The van der Waals surface area contributed by atoms with E-state index >= 15 is 4.39 Å². The fourth-order valence-electron chi connectivity index (χ4n) is 4.70. The van der Waals surface area contributed by atoms with Crippen molar-refractivity contribution in [1.29, 1.82) is 0 Å². The number of halogens is 3. The van der Waals surface area contributed by atoms with Gasteiger partial charge in [-0.1, -0.05) is 18.2 Å². The van der Waals surface area contributed by atoms with Crippen LogP contribution in [-0.4, -0.2) is 60.7 Å². The number of piperazine rings is 1. The van der Waals surface area contributed by atoms with Gasteiger partial charge in [0, 0.05) is 43.3 Å². The minimum atomic E-state index is -2.96. The van der Waals surface area contributed by atoms with E-state index in [4.69, 9.17) is 4.74 Å². The van der Waals surface area contributed by atoms with E-state index in [0.29, 0.717) is 48.7 Å². The Labute approximate surface area is 211 Å². The van der Waals surface area contributed by atoms with E-state index in [-0.39, 0.29) is 22.9 Å². The van der Waals surface area contributed by atoms with Gasteiger partial charge in [-0.2, -0.15) is 8.78 Å². The molecule has 2 aromatic carbocycles. The number of anilines is 1. The molecule has 4 aromatic rings. The van der Waals surface area contributed by atoms with Gasteiger partial charge in [0.05, 0.1) is 12.6 Å². The second-order valence-electron chi connectivity index (χ2n) is 8.71. The predicted octanol–water partition coefficient (Wildman–Crippen LogP) is 5.25. The van der Waals surface area contributed by atoms with Crippen LogP contribution < -0.4 is 14.4 Å². The van der Waals surface area contributed by atoms with Gasteiger partial charge in [-0.05, 0) is 48.4 Å². The lowest BCUT2D eigenvalue weighted by atomic mass is 9.98. The van der Waals surface area contributed by atoms with Crippen molar-refractivity contribution in [2.24, 2.45) is 0 Å². The van der Waals surface area contributed by atoms with Gasteiger partial charge in [0.1, 0.15) is 17.3 Å². The molecule has 37 heavy (non-hydrogen) atoms. The molecule has 1 aliphatic heterocycles. The van der Waals surface area contributed by atoms with Crippen LogP contribution >= 0.6 is 0 Å². The fraction of sp³-hybridized carbons (Fsp3) is 0.259. The molecule has 7 nitrogen and oxygen atoms in total. The number of hydrogen-bond donors (Lipinski definition) is 1. The maximum absolute atomic E-state index is 15.1. The highest BCUT2D eigenvalue weighted by Crippen LogP contribution is 2.38. The van der Waals surface area contributed by atoms with Crippen LogP contribution in [0.1, 0.15) is 16.1 Å². The maximum atomic E-state index is 15.1. The van der Waals surface area contributed by atoms with Crippen molar-refractivity contribution in [2.45, 2.75) is 13.5 Å². The lowest BCUT2D eigenvalue weighted by Crippen LogP contribution is -2.49. The van der Waals surface area contributed by atoms with Crippen molar-refractivity contribution in [3.63, 3.8) is 0 Å². The zero-order valence-corrected chi connectivity index (χ0v) is 20.3. The molecule has 0 atom stereocenters. The Hall–Kier alpha value is -4.21. The zero-order chi connectivity index (χ0) is 26.1. The van der Waals surface area contributed by atoms with Crippen LogP contribution in [-0.2, 0) is 0 Å². The number of nitrogens with one attached hydrogen (secondary N) is 1. The summed E-state index contributed by atoms with van der Waals surface area (Å²) in [6.45, 7) is 0.140. The van der Waals surface area contributed by atoms with Crippen molar-refractivity contribution in [3.05, 3.63) is 71.8 Å². The minimum Gasteiger partial charge on any atom is -0.496 e. The third-order valence-electron chi connectivity index (χ3n) is 6.50. The number of aromatic amines is 1. The van der Waals surface area contributed by atoms with Gasteiger partial charge in [0.2, 0.25) is 0 Å². The molecule has 2 aromatic heterocycles. The van der Waals surface area contributed by atoms with E-state index in [2.05, 4.69) is 14.7 Å². The quantitative estimate of drug-likeness (QED) is 0.384. The number of aryl methyl sites for hydroxylation is 1. The number of methoxy groups -OCH3 is 1. The molecule has 1 N–H and O–H groups in total. The van der Waals surface area contributed by atoms with Gasteiger partial charge in [0.25, 0.3) is 5.91 Å². The molecule has 3 heterocycles. The zero-order valence-electron chi connectivity index (χ0n) is 20.3. The molecule has 1 fully saturated rings. The largest absolute Gasteiger partial charge is 0.496 e. The molecule has 0 saturated carbocycles. The van der Waals surface area contributed by atoms with Gasteiger partial charge >= 0.3 is 6.61 Å². The predicted molar refractivity (Wildman–Crippen MR) is 134 cm³/mol. The summed E-state index contributed by atoms with van der Waals surface area (Å²) in [5, 5.41) is 0.580. The first kappa shape index (κ1) is 24.5. The standard InChI is InChI=1S/C27H25F3N4O3/c1-16-14-18(17-6-3-4-7-21(17)36-2)19-15-20(32-24(19)23(16)28)26(35)34-12-10-33(11-13-34)25-22(37-27(29)30)8-5-9-31-25/h3-9,14-15,27,32H,10-13H2,1-2H3. The summed E-state index contributed by atoms with van der Waals surface area (Å²) >= 11 is 0. The third-order valence-corrected chi connectivity index (χ3v) is 6.50. The average molecular weight is 511 g/mol. The fourth-order valence-corrected chi connectivity index (χ4v) is 4.70. The van der Waals surface area contributed by atoms with Gasteiger partial charge in [-0.25, -0.2) is 9.37 Å². The Balaban J connectivity index is 1.41. The number of amides is 1. The Morgan fingerprint density at radius 2 is 1.76 bits per heavy atom. The number of para-hydroxylation sites is 1. The van der Waals surface area contributed by atoms with Crippen molar-refractivity contribution in [1.82, 2.24) is 14.9 Å². The highest BCUT2D eigenvalue weighted by atomic mass is 19.3. The number of carbonyl (C=O) groups is 1. The number of benzene rings is 2. The summed E-state index contributed by atoms with van der Waals surface area (Å²) in [4.78, 5) is 24.0. The smallest absolute Gasteiger partial charge is 0.387 e. The van der Waals surface area contributed by atoms with Crippen LogP contribution in [0.5, 0.6) is 11.5 Å². The molecule has 1 amide bonds. The van der Waals surface area contributed by atoms with Gasteiger partial charge in [0.15, 0.2) is 11.6 Å². The van der Waals surface area contributed by atoms with Crippen LogP contribution in [0.4, 0.5) is 19.0 Å². The molecular formula is C27H25F3N4O3. The van der Waals surface area contributed by atoms with Crippen LogP contribution in [0.2, 0.25) is 0 Å². The second-order valence-corrected chi connectivity index (χ2v) is 8.71. The van der Waals surface area contributed by atoms with Crippen molar-refractivity contribution in [2.75, 3.05) is 38.2 Å². The van der Waals surface area contributed by atoms with Crippen molar-refractivity contribution >= 4 is 22.6 Å². The van der Waals surface area contributed by atoms with E-state index < -0.39 is 12.4 Å². The lowest BCUT2D eigenvalue weighted by molar-refractivity contribution is -0.0497. The number of alkyl halides is 2. The Bertz CT molecular complexity index is 1450. The Morgan fingerprint density at radius 3 is 2.49 bits per heavy atom. The molecule has 0 bridgehead atoms. The second kappa shape index (κ2) is 10.0. The summed E-state index contributed by atoms with van der Waals surface area (Å²) in [5.74, 6) is 0.245. The normalized spacial score (nSPS) is 13.9. The highest BCUT2D eigenvalue weighted by Gasteiger charge is 2.27. The topological polar surface area (TPSA) is 70.7 Å². The summed E-state index contributed by atoms with van der Waals surface area (Å²) in [6.07, 6.45) is 1.51. The molecule has 0 aliphatic carbocycles. The van der Waals surface area contributed by atoms with Crippen LogP contribution in [0.15, 0.2) is 54.7 Å². The van der Waals surface area contributed by atoms with Gasteiger partial charge < -0.3 is 24.3 Å². The average Bonchev–Trinajstić information content (AvgIpc) is 3.36. The summed E-state index contributed by atoms with van der Waals surface area (Å²) in [7, 11) is 1.58. The van der Waals surface area contributed by atoms with Crippen LogP contribution in [0, 0.1) is 12.7 Å². The molecule has 0 radical (unpaired) electrons. The number of fused-ring (bicyclic) bond motifs is 1. The maximum Gasteiger partial charge on any atom is 0.387 e. The number of pyridine rings is 1. The Morgan fingerprint density at radius 1 is 1.03 bits per heavy atom. The molecule has 10 heteroatoms. The summed E-state index contributed by atoms with van der Waals surface area (Å²) < 4.78 is 50.8. The monoisotopic (exact) mass is 510 g/mol. The molecule has 0 spiro atoms. The molecule has 0 unspecified atom stereocenters. The molecule has 1 aliphatic rings. The molecule has 5 rings (SSSR count). The number of nitrogens with zero attached hydrogens (tertiary/aromatic N) is 3. The van der Waals surface area contributed by atoms with E-state index in [1.165, 1.54) is 18.3 Å². The van der Waals surface area contributed by atoms with E-state index in [1.54, 1.807) is 36.0 Å². The molecule has 192 valence electrons. The van der Waals surface area contributed by atoms with Crippen molar-refractivity contribution < 1.29 is 27.4 Å². The number of rotatable bonds is 6. The molecule has 1 saturated heterocycles. The van der Waals surface area contributed by atoms with Gasteiger partial charge in [-0.3, -0.25) is 4.79 Å². The summed E-state index contributed by atoms with van der Waals surface area (Å²) in [6, 6.07) is 13.8. The number of ether oxygens (including phenoxy) is 2. The first-order valence-electron chi connectivity index (χ1n) is 11.8. The third kappa shape index (κ3) is 4.66. The lowest BCUT2D eigenvalue weighted by Gasteiger charge is -2.35. The van der Waals surface area contributed by atoms with E-state index in [9.17, 15) is 13.6 Å². The van der Waals surface area contributed by atoms with Crippen LogP contribution in [0.25, 0.3) is 22.0 Å². The first-order chi connectivity index (χ1) is 17.9. The number of hydrogen-bond acceptors (Lipinski definition) is 5. The van der Waals surface area contributed by atoms with Crippen LogP contribution in [0.3, 0.4) is 0 Å². The Kier molecular flexibility index (Phi) is 6.64. The number of H-pyrrole nitrogens is 1.